The molecule has 20 heavy (non-hydrogen) atoms. The van der Waals surface area contributed by atoms with E-state index in [0.717, 1.165) is 37.6 Å². The van der Waals surface area contributed by atoms with Gasteiger partial charge in [-0.1, -0.05) is 19.8 Å². The molecule has 116 valence electrons. The zero-order valence-corrected chi connectivity index (χ0v) is 15.9. The van der Waals surface area contributed by atoms with Gasteiger partial charge in [0.15, 0.2) is 5.96 Å². The average Bonchev–Trinajstić information content (AvgIpc) is 2.82. The molecule has 0 radical (unpaired) electrons. The molecule has 0 spiro atoms. The lowest BCUT2D eigenvalue weighted by molar-refractivity contribution is 0.676. The number of aryl methyl sites for hydroxylation is 2. The number of aliphatic imine (C=N–C) groups is 1. The summed E-state index contributed by atoms with van der Waals surface area (Å²) in [5.74, 6) is 0.909. The molecule has 0 unspecified atom stereocenters. The smallest absolute Gasteiger partial charge is 0.190 e. The van der Waals surface area contributed by atoms with E-state index in [4.69, 9.17) is 0 Å². The lowest BCUT2D eigenvalue weighted by atomic mass is 10.2. The third kappa shape index (κ3) is 8.73. The quantitative estimate of drug-likeness (QED) is 0.299. The molecule has 0 fully saturated rings. The molecule has 0 aromatic carbocycles. The number of hydrogen-bond donors (Lipinski definition) is 2. The normalized spacial score (nSPS) is 11.1. The third-order valence-electron chi connectivity index (χ3n) is 2.82. The van der Waals surface area contributed by atoms with Gasteiger partial charge in [-0.15, -0.1) is 35.3 Å². The number of thiazole rings is 1. The molecule has 2 N–H and O–H groups in total. The first-order chi connectivity index (χ1) is 9.26. The molecule has 0 aliphatic rings. The van der Waals surface area contributed by atoms with Crippen LogP contribution in [-0.2, 0) is 6.42 Å². The van der Waals surface area contributed by atoms with Gasteiger partial charge in [0.05, 0.1) is 5.01 Å². The van der Waals surface area contributed by atoms with Crippen LogP contribution >= 0.6 is 35.3 Å². The molecule has 0 atom stereocenters. The average molecular weight is 410 g/mol. The zero-order chi connectivity index (χ0) is 13.9. The fourth-order valence-corrected chi connectivity index (χ4v) is 2.58. The van der Waals surface area contributed by atoms with Crippen LogP contribution in [0.4, 0.5) is 0 Å². The number of hydrogen-bond acceptors (Lipinski definition) is 3. The fraction of sp³-hybridized carbons (Fsp3) is 0.714. The minimum atomic E-state index is 0. The summed E-state index contributed by atoms with van der Waals surface area (Å²) in [4.78, 5) is 8.68. The first-order valence-electron chi connectivity index (χ1n) is 7.11. The minimum absolute atomic E-state index is 0. The van der Waals surface area contributed by atoms with E-state index in [1.165, 1.54) is 24.3 Å². The second-order valence-corrected chi connectivity index (χ2v) is 5.56. The Balaban J connectivity index is 0.00000361. The van der Waals surface area contributed by atoms with Crippen molar-refractivity contribution in [3.63, 3.8) is 0 Å². The van der Waals surface area contributed by atoms with Crippen LogP contribution in [-0.4, -0.2) is 31.1 Å². The molecular formula is C14H27IN4S. The van der Waals surface area contributed by atoms with Gasteiger partial charge in [-0.05, 0) is 19.8 Å². The first-order valence-corrected chi connectivity index (χ1v) is 7.99. The Morgan fingerprint density at radius 2 is 1.95 bits per heavy atom. The largest absolute Gasteiger partial charge is 0.356 e. The molecule has 0 bridgehead atoms. The summed E-state index contributed by atoms with van der Waals surface area (Å²) in [5, 5.41) is 10.0. The summed E-state index contributed by atoms with van der Waals surface area (Å²) in [5.41, 5.74) is 1.13. The predicted molar refractivity (Wildman–Crippen MR) is 99.5 cm³/mol. The Kier molecular flexibility index (Phi) is 12.1. The third-order valence-corrected chi connectivity index (χ3v) is 3.85. The van der Waals surface area contributed by atoms with Gasteiger partial charge in [-0.25, -0.2) is 4.98 Å². The van der Waals surface area contributed by atoms with Gasteiger partial charge in [0, 0.05) is 37.6 Å². The first kappa shape index (κ1) is 19.6. The van der Waals surface area contributed by atoms with Crippen LogP contribution in [0.25, 0.3) is 0 Å². The van der Waals surface area contributed by atoms with Crippen LogP contribution in [0.15, 0.2) is 10.4 Å². The number of aromatic nitrogens is 1. The second-order valence-electron chi connectivity index (χ2n) is 4.62. The van der Waals surface area contributed by atoms with Gasteiger partial charge in [-0.2, -0.15) is 0 Å². The van der Waals surface area contributed by atoms with E-state index >= 15 is 0 Å². The van der Waals surface area contributed by atoms with E-state index in [-0.39, 0.29) is 24.0 Å². The lowest BCUT2D eigenvalue weighted by Gasteiger charge is -2.11. The van der Waals surface area contributed by atoms with E-state index < -0.39 is 0 Å². The van der Waals surface area contributed by atoms with Crippen molar-refractivity contribution < 1.29 is 0 Å². The Hall–Kier alpha value is -0.370. The second kappa shape index (κ2) is 12.4. The summed E-state index contributed by atoms with van der Waals surface area (Å²) >= 11 is 1.75. The summed E-state index contributed by atoms with van der Waals surface area (Å²) in [6.07, 6.45) is 5.85. The van der Waals surface area contributed by atoms with Gasteiger partial charge in [0.1, 0.15) is 0 Å². The van der Waals surface area contributed by atoms with Crippen LogP contribution < -0.4 is 10.6 Å². The molecular weight excluding hydrogens is 383 g/mol. The van der Waals surface area contributed by atoms with Crippen LogP contribution in [0.3, 0.4) is 0 Å². The topological polar surface area (TPSA) is 49.3 Å². The number of halogens is 1. The van der Waals surface area contributed by atoms with Crippen LogP contribution in [0.2, 0.25) is 0 Å². The van der Waals surface area contributed by atoms with E-state index in [2.05, 4.69) is 32.9 Å². The molecule has 0 amide bonds. The van der Waals surface area contributed by atoms with E-state index in [9.17, 15) is 0 Å². The monoisotopic (exact) mass is 410 g/mol. The van der Waals surface area contributed by atoms with E-state index in [1.807, 2.05) is 14.0 Å². The van der Waals surface area contributed by atoms with Crippen LogP contribution in [0.5, 0.6) is 0 Å². The molecule has 1 aromatic rings. The van der Waals surface area contributed by atoms with Crippen molar-refractivity contribution in [1.82, 2.24) is 15.6 Å². The zero-order valence-electron chi connectivity index (χ0n) is 12.7. The van der Waals surface area contributed by atoms with Gasteiger partial charge in [0.25, 0.3) is 0 Å². The predicted octanol–water partition coefficient (Wildman–Crippen LogP) is 3.36. The standard InChI is InChI=1S/C14H26N4S.HI/c1-4-5-6-9-16-14(15-3)17-10-7-8-13-18-12(2)11-19-13;/h11H,4-10H2,1-3H3,(H2,15,16,17);1H. The van der Waals surface area contributed by atoms with Crippen LogP contribution in [0, 0.1) is 6.92 Å². The molecule has 4 nitrogen and oxygen atoms in total. The summed E-state index contributed by atoms with van der Waals surface area (Å²) in [6, 6.07) is 0. The lowest BCUT2D eigenvalue weighted by Crippen LogP contribution is -2.38. The SMILES string of the molecule is CCCCCNC(=NC)NCCCc1nc(C)cs1.I. The molecule has 0 saturated carbocycles. The van der Waals surface area contributed by atoms with Crippen molar-refractivity contribution >= 4 is 41.3 Å². The van der Waals surface area contributed by atoms with Crippen molar-refractivity contribution in [2.45, 2.75) is 46.0 Å². The molecule has 1 heterocycles. The van der Waals surface area contributed by atoms with E-state index in [1.54, 1.807) is 11.3 Å². The maximum absolute atomic E-state index is 4.46. The maximum atomic E-state index is 4.46. The van der Waals surface area contributed by atoms with Crippen molar-refractivity contribution in [1.29, 1.82) is 0 Å². The van der Waals surface area contributed by atoms with Crippen molar-refractivity contribution in [3.8, 4) is 0 Å². The number of guanidine groups is 1. The van der Waals surface area contributed by atoms with Gasteiger partial charge >= 0.3 is 0 Å². The highest BCUT2D eigenvalue weighted by Gasteiger charge is 2.00. The van der Waals surface area contributed by atoms with E-state index in [0.29, 0.717) is 0 Å². The molecule has 0 aliphatic heterocycles. The highest BCUT2D eigenvalue weighted by molar-refractivity contribution is 14.0. The van der Waals surface area contributed by atoms with Crippen LogP contribution in [0.1, 0.15) is 43.3 Å². The Labute approximate surface area is 143 Å². The summed E-state index contributed by atoms with van der Waals surface area (Å²) in [6.45, 7) is 6.19. The van der Waals surface area contributed by atoms with Crippen molar-refractivity contribution in [2.75, 3.05) is 20.1 Å². The Bertz CT molecular complexity index is 379. The molecule has 1 aromatic heterocycles. The maximum Gasteiger partial charge on any atom is 0.190 e. The molecule has 0 aliphatic carbocycles. The minimum Gasteiger partial charge on any atom is -0.356 e. The number of rotatable bonds is 8. The molecule has 6 heteroatoms. The van der Waals surface area contributed by atoms with Gasteiger partial charge in [0.2, 0.25) is 0 Å². The number of nitrogens with one attached hydrogen (secondary N) is 2. The highest BCUT2D eigenvalue weighted by atomic mass is 127. The number of unbranched alkanes of at least 4 members (excludes halogenated alkanes) is 2. The summed E-state index contributed by atoms with van der Waals surface area (Å²) < 4.78 is 0. The Morgan fingerprint density at radius 3 is 2.50 bits per heavy atom. The Morgan fingerprint density at radius 1 is 1.25 bits per heavy atom. The van der Waals surface area contributed by atoms with Gasteiger partial charge in [-0.3, -0.25) is 4.99 Å². The van der Waals surface area contributed by atoms with Crippen molar-refractivity contribution in [2.24, 2.45) is 4.99 Å². The fourth-order valence-electron chi connectivity index (χ4n) is 1.77. The highest BCUT2D eigenvalue weighted by Crippen LogP contribution is 2.10. The van der Waals surface area contributed by atoms with Crippen molar-refractivity contribution in [3.05, 3.63) is 16.1 Å². The number of nitrogens with zero attached hydrogens (tertiary/aromatic N) is 2. The van der Waals surface area contributed by atoms with Gasteiger partial charge < -0.3 is 10.6 Å². The summed E-state index contributed by atoms with van der Waals surface area (Å²) in [7, 11) is 1.82. The molecule has 1 rings (SSSR count). The molecule has 0 saturated heterocycles.